The third kappa shape index (κ3) is 2.90. The quantitative estimate of drug-likeness (QED) is 0.804. The van der Waals surface area contributed by atoms with E-state index in [4.69, 9.17) is 18.9 Å². The van der Waals surface area contributed by atoms with Crippen LogP contribution in [0.4, 0.5) is 0 Å². The number of methoxy groups -OCH3 is 2. The summed E-state index contributed by atoms with van der Waals surface area (Å²) in [6.45, 7) is 0.962. The molecule has 0 spiro atoms. The highest BCUT2D eigenvalue weighted by Gasteiger charge is 2.29. The maximum absolute atomic E-state index is 12.0. The molecule has 1 heterocycles. The van der Waals surface area contributed by atoms with Crippen LogP contribution in [0.5, 0.6) is 17.2 Å². The lowest BCUT2D eigenvalue weighted by molar-refractivity contribution is -0.143. The van der Waals surface area contributed by atoms with Crippen LogP contribution in [0.1, 0.15) is 24.4 Å². The van der Waals surface area contributed by atoms with Gasteiger partial charge in [-0.25, -0.2) is 4.79 Å². The highest BCUT2D eigenvalue weighted by atomic mass is 16.7. The lowest BCUT2D eigenvalue weighted by Crippen LogP contribution is -2.31. The van der Waals surface area contributed by atoms with E-state index in [1.54, 1.807) is 19.2 Å². The van der Waals surface area contributed by atoms with Crippen molar-refractivity contribution >= 4 is 5.97 Å². The topological polar surface area (TPSA) is 66.0 Å². The van der Waals surface area contributed by atoms with Gasteiger partial charge in [0.2, 0.25) is 12.5 Å². The van der Waals surface area contributed by atoms with Gasteiger partial charge in [0.15, 0.2) is 11.5 Å². The fourth-order valence-electron chi connectivity index (χ4n) is 2.38. The molecule has 0 radical (unpaired) electrons. The molecule has 6 heteroatoms. The van der Waals surface area contributed by atoms with E-state index in [-0.39, 0.29) is 12.8 Å². The Hall–Kier alpha value is -1.95. The Morgan fingerprint density at radius 1 is 1.38 bits per heavy atom. The van der Waals surface area contributed by atoms with Gasteiger partial charge in [-0.3, -0.25) is 0 Å². The second-order valence-corrected chi connectivity index (χ2v) is 5.26. The van der Waals surface area contributed by atoms with Crippen LogP contribution in [0.15, 0.2) is 12.1 Å². The molecule has 1 atom stereocenters. The minimum atomic E-state index is -0.529. The van der Waals surface area contributed by atoms with Crippen molar-refractivity contribution in [2.75, 3.05) is 27.6 Å². The Kier molecular flexibility index (Phi) is 3.88. The summed E-state index contributed by atoms with van der Waals surface area (Å²) < 4.78 is 21.0. The summed E-state index contributed by atoms with van der Waals surface area (Å²) in [7, 11) is 2.95. The SMILES string of the molecule is COC(=O)C(NCC1CC1)c1cc(OC)c2c(c1)OCO2. The molecule has 0 amide bonds. The van der Waals surface area contributed by atoms with E-state index >= 15 is 0 Å². The molecule has 2 aliphatic rings. The number of carbonyl (C=O) groups excluding carboxylic acids is 1. The summed E-state index contributed by atoms with van der Waals surface area (Å²) in [6.07, 6.45) is 2.43. The fraction of sp³-hybridized carbons (Fsp3) is 0.533. The summed E-state index contributed by atoms with van der Waals surface area (Å²) in [4.78, 5) is 12.0. The van der Waals surface area contributed by atoms with Gasteiger partial charge >= 0.3 is 5.97 Å². The summed E-state index contributed by atoms with van der Waals surface area (Å²) in [5.74, 6) is 2.06. The molecule has 1 fully saturated rings. The molecular formula is C15H19NO5. The first kappa shape index (κ1) is 14.0. The van der Waals surface area contributed by atoms with E-state index in [0.717, 1.165) is 12.1 Å². The number of hydrogen-bond acceptors (Lipinski definition) is 6. The predicted molar refractivity (Wildman–Crippen MR) is 74.6 cm³/mol. The molecule has 1 aromatic rings. The van der Waals surface area contributed by atoms with Crippen LogP contribution >= 0.6 is 0 Å². The maximum Gasteiger partial charge on any atom is 0.327 e. The summed E-state index contributed by atoms with van der Waals surface area (Å²) >= 11 is 0. The van der Waals surface area contributed by atoms with Crippen molar-refractivity contribution in [1.29, 1.82) is 0 Å². The molecule has 1 aromatic carbocycles. The van der Waals surface area contributed by atoms with Crippen molar-refractivity contribution in [3.63, 3.8) is 0 Å². The van der Waals surface area contributed by atoms with Crippen LogP contribution in [0.2, 0.25) is 0 Å². The number of rotatable bonds is 6. The van der Waals surface area contributed by atoms with Crippen molar-refractivity contribution in [3.05, 3.63) is 17.7 Å². The minimum absolute atomic E-state index is 0.160. The number of carbonyl (C=O) groups is 1. The molecule has 1 saturated carbocycles. The van der Waals surface area contributed by atoms with E-state index in [0.29, 0.717) is 23.2 Å². The van der Waals surface area contributed by atoms with Crippen molar-refractivity contribution < 1.29 is 23.7 Å². The molecule has 1 aliphatic heterocycles. The van der Waals surface area contributed by atoms with E-state index < -0.39 is 6.04 Å². The van der Waals surface area contributed by atoms with Crippen LogP contribution in [0.25, 0.3) is 0 Å². The molecule has 3 rings (SSSR count). The largest absolute Gasteiger partial charge is 0.493 e. The first-order valence-electron chi connectivity index (χ1n) is 7.01. The zero-order valence-electron chi connectivity index (χ0n) is 12.2. The van der Waals surface area contributed by atoms with Crippen LogP contribution in [-0.4, -0.2) is 33.5 Å². The summed E-state index contributed by atoms with van der Waals surface area (Å²) in [5, 5.41) is 3.26. The number of hydrogen-bond donors (Lipinski definition) is 1. The summed E-state index contributed by atoms with van der Waals surface area (Å²) in [6, 6.07) is 3.06. The number of nitrogens with one attached hydrogen (secondary N) is 1. The van der Waals surface area contributed by atoms with Crippen LogP contribution in [0.3, 0.4) is 0 Å². The van der Waals surface area contributed by atoms with Crippen LogP contribution < -0.4 is 19.5 Å². The average Bonchev–Trinajstić information content (AvgIpc) is 3.21. The van der Waals surface area contributed by atoms with Crippen molar-refractivity contribution in [1.82, 2.24) is 5.32 Å². The van der Waals surface area contributed by atoms with Gasteiger partial charge in [-0.15, -0.1) is 0 Å². The predicted octanol–water partition coefficient (Wildman–Crippen LogP) is 1.64. The molecule has 0 aromatic heterocycles. The van der Waals surface area contributed by atoms with E-state index in [1.165, 1.54) is 20.0 Å². The van der Waals surface area contributed by atoms with Crippen molar-refractivity contribution in [3.8, 4) is 17.2 Å². The number of benzene rings is 1. The molecule has 1 unspecified atom stereocenters. The third-order valence-corrected chi connectivity index (χ3v) is 3.76. The second-order valence-electron chi connectivity index (χ2n) is 5.26. The Morgan fingerprint density at radius 3 is 2.86 bits per heavy atom. The highest BCUT2D eigenvalue weighted by Crippen LogP contribution is 2.43. The van der Waals surface area contributed by atoms with Crippen molar-refractivity contribution in [2.45, 2.75) is 18.9 Å². The molecule has 114 valence electrons. The highest BCUT2D eigenvalue weighted by molar-refractivity contribution is 5.78. The molecule has 21 heavy (non-hydrogen) atoms. The van der Waals surface area contributed by atoms with Crippen LogP contribution in [-0.2, 0) is 9.53 Å². The average molecular weight is 293 g/mol. The molecular weight excluding hydrogens is 274 g/mol. The normalized spacial score (nSPS) is 17.4. The smallest absolute Gasteiger partial charge is 0.327 e. The molecule has 6 nitrogen and oxygen atoms in total. The fourth-order valence-corrected chi connectivity index (χ4v) is 2.38. The lowest BCUT2D eigenvalue weighted by Gasteiger charge is -2.18. The standard InChI is InChI=1S/C15H19NO5/c1-18-11-5-10(6-12-14(11)21-8-20-12)13(15(17)19-2)16-7-9-3-4-9/h5-6,9,13,16H,3-4,7-8H2,1-2H3. The minimum Gasteiger partial charge on any atom is -0.493 e. The second kappa shape index (κ2) is 5.81. The zero-order chi connectivity index (χ0) is 14.8. The number of esters is 1. The van der Waals surface area contributed by atoms with Gasteiger partial charge in [-0.1, -0.05) is 0 Å². The van der Waals surface area contributed by atoms with E-state index in [1.807, 2.05) is 0 Å². The van der Waals surface area contributed by atoms with Gasteiger partial charge in [-0.2, -0.15) is 0 Å². The molecule has 0 bridgehead atoms. The molecule has 0 saturated heterocycles. The first-order chi connectivity index (χ1) is 10.2. The van der Waals surface area contributed by atoms with E-state index in [2.05, 4.69) is 5.32 Å². The monoisotopic (exact) mass is 293 g/mol. The first-order valence-corrected chi connectivity index (χ1v) is 7.01. The molecule has 1 N–H and O–H groups in total. The van der Waals surface area contributed by atoms with Crippen molar-refractivity contribution in [2.24, 2.45) is 5.92 Å². The Balaban J connectivity index is 1.88. The third-order valence-electron chi connectivity index (χ3n) is 3.76. The van der Waals surface area contributed by atoms with E-state index in [9.17, 15) is 4.79 Å². The zero-order valence-corrected chi connectivity index (χ0v) is 12.2. The Bertz CT molecular complexity index is 541. The van der Waals surface area contributed by atoms with Gasteiger partial charge < -0.3 is 24.3 Å². The molecule has 1 aliphatic carbocycles. The van der Waals surface area contributed by atoms with Gasteiger partial charge in [0.25, 0.3) is 0 Å². The Morgan fingerprint density at radius 2 is 2.19 bits per heavy atom. The summed E-state index contributed by atoms with van der Waals surface area (Å²) in [5.41, 5.74) is 0.753. The lowest BCUT2D eigenvalue weighted by atomic mass is 10.1. The van der Waals surface area contributed by atoms with Gasteiger partial charge in [0, 0.05) is 0 Å². The Labute approximate surface area is 123 Å². The number of ether oxygens (including phenoxy) is 4. The maximum atomic E-state index is 12.0. The van der Waals surface area contributed by atoms with Gasteiger partial charge in [0.05, 0.1) is 14.2 Å². The van der Waals surface area contributed by atoms with Gasteiger partial charge in [-0.05, 0) is 43.0 Å². The number of fused-ring (bicyclic) bond motifs is 1. The van der Waals surface area contributed by atoms with Crippen LogP contribution in [0, 0.1) is 5.92 Å². The van der Waals surface area contributed by atoms with Gasteiger partial charge in [0.1, 0.15) is 6.04 Å².